The molecule has 0 fully saturated rings. The highest BCUT2D eigenvalue weighted by atomic mass is 31.2. The molecule has 0 aromatic carbocycles. The number of unbranched alkanes of at least 4 members (excludes halogenated alkanes) is 9. The summed E-state index contributed by atoms with van der Waals surface area (Å²) < 4.78 is 23.0. The van der Waals surface area contributed by atoms with Gasteiger partial charge in [0.2, 0.25) is 5.91 Å². The van der Waals surface area contributed by atoms with Gasteiger partial charge in [0, 0.05) is 6.42 Å². The Kier molecular flexibility index (Phi) is 23.6. The Hall–Kier alpha value is -1.28. The lowest BCUT2D eigenvalue weighted by Crippen LogP contribution is -2.45. The second-order valence-corrected chi connectivity index (χ2v) is 12.9. The Balaban J connectivity index is 4.46. The number of nitrogens with zero attached hydrogens (tertiary/aromatic N) is 1. The number of rotatable bonds is 26. The van der Waals surface area contributed by atoms with Crippen LogP contribution < -0.4 is 5.32 Å². The van der Waals surface area contributed by atoms with Gasteiger partial charge in [-0.15, -0.1) is 0 Å². The summed E-state index contributed by atoms with van der Waals surface area (Å²) in [7, 11) is 1.53. The summed E-state index contributed by atoms with van der Waals surface area (Å²) in [6.45, 7) is 4.48. The smallest absolute Gasteiger partial charge is 0.387 e. The fraction of sp³-hybridized carbons (Fsp3) is 0.774. The van der Waals surface area contributed by atoms with Crippen LogP contribution in [0.1, 0.15) is 104 Å². The number of carbonyl (C=O) groups is 1. The highest BCUT2D eigenvalue weighted by Crippen LogP contribution is 2.43. The quantitative estimate of drug-likeness (QED) is 0.0443. The molecule has 0 radical (unpaired) electrons. The molecular formula is C31H60N2O6P+. The van der Waals surface area contributed by atoms with Crippen LogP contribution in [-0.2, 0) is 18.4 Å². The number of likely N-dealkylation sites (N-methyl/N-ethyl adjacent to an activating group) is 1. The third kappa shape index (κ3) is 25.7. The first-order chi connectivity index (χ1) is 19.0. The predicted molar refractivity (Wildman–Crippen MR) is 166 cm³/mol. The summed E-state index contributed by atoms with van der Waals surface area (Å²) in [4.78, 5) is 22.3. The van der Waals surface area contributed by atoms with Crippen molar-refractivity contribution in [1.29, 1.82) is 0 Å². The van der Waals surface area contributed by atoms with E-state index in [2.05, 4.69) is 36.5 Å². The molecule has 0 aliphatic carbocycles. The standard InChI is InChI=1S/C31H59N2O6P/c1-6-8-10-11-12-13-14-15-16-17-18-19-20-21-22-23-24-30(34)29(32-31(35)25-9-7-2)28-39-40(36,37)38-27-26-33(3,4)5/h15-16,19-20,23-24,29-30,34H,6-14,17-18,21-22,25-28H2,1-5H3,(H-,32,35,36,37)/p+1/b16-15+,20-19+,24-23+. The predicted octanol–water partition coefficient (Wildman–Crippen LogP) is 6.84. The molecule has 0 aromatic heterocycles. The maximum absolute atomic E-state index is 12.3. The van der Waals surface area contributed by atoms with Gasteiger partial charge in [-0.2, -0.15) is 0 Å². The molecule has 9 heteroatoms. The minimum Gasteiger partial charge on any atom is -0.387 e. The molecule has 40 heavy (non-hydrogen) atoms. The minimum absolute atomic E-state index is 0.0518. The molecule has 0 aliphatic heterocycles. The van der Waals surface area contributed by atoms with Gasteiger partial charge in [0.05, 0.1) is 39.9 Å². The molecule has 0 saturated carbocycles. The van der Waals surface area contributed by atoms with Crippen LogP contribution in [0.15, 0.2) is 36.5 Å². The van der Waals surface area contributed by atoms with Crippen LogP contribution in [0, 0.1) is 0 Å². The minimum atomic E-state index is -4.31. The second-order valence-electron chi connectivity index (χ2n) is 11.5. The molecule has 0 saturated heterocycles. The van der Waals surface area contributed by atoms with Crippen LogP contribution in [0.3, 0.4) is 0 Å². The maximum atomic E-state index is 12.3. The highest BCUT2D eigenvalue weighted by molar-refractivity contribution is 7.47. The third-order valence-electron chi connectivity index (χ3n) is 6.34. The van der Waals surface area contributed by atoms with Gasteiger partial charge in [-0.05, 0) is 44.9 Å². The molecule has 0 rings (SSSR count). The summed E-state index contributed by atoms with van der Waals surface area (Å²) in [5.41, 5.74) is 0. The first-order valence-electron chi connectivity index (χ1n) is 15.4. The van der Waals surface area contributed by atoms with Crippen molar-refractivity contribution in [1.82, 2.24) is 5.32 Å². The van der Waals surface area contributed by atoms with Crippen molar-refractivity contribution in [3.05, 3.63) is 36.5 Å². The van der Waals surface area contributed by atoms with E-state index in [1.807, 2.05) is 34.1 Å². The van der Waals surface area contributed by atoms with Gasteiger partial charge in [-0.3, -0.25) is 13.8 Å². The van der Waals surface area contributed by atoms with Crippen LogP contribution in [0.5, 0.6) is 0 Å². The molecule has 1 amide bonds. The number of allylic oxidation sites excluding steroid dienone is 5. The Labute approximate surface area is 245 Å². The Morgan fingerprint density at radius 3 is 1.98 bits per heavy atom. The zero-order valence-electron chi connectivity index (χ0n) is 26.1. The van der Waals surface area contributed by atoms with Crippen LogP contribution in [0.2, 0.25) is 0 Å². The summed E-state index contributed by atoms with van der Waals surface area (Å²) in [5.74, 6) is -0.231. The van der Waals surface area contributed by atoms with Crippen molar-refractivity contribution in [2.45, 2.75) is 116 Å². The van der Waals surface area contributed by atoms with Crippen LogP contribution in [0.4, 0.5) is 0 Å². The molecule has 0 aromatic rings. The number of amides is 1. The van der Waals surface area contributed by atoms with Gasteiger partial charge in [0.1, 0.15) is 13.2 Å². The van der Waals surface area contributed by atoms with E-state index in [0.717, 1.165) is 38.5 Å². The van der Waals surface area contributed by atoms with Crippen LogP contribution in [0.25, 0.3) is 0 Å². The number of hydrogen-bond donors (Lipinski definition) is 3. The summed E-state index contributed by atoms with van der Waals surface area (Å²) in [6.07, 6.45) is 26.0. The highest BCUT2D eigenvalue weighted by Gasteiger charge is 2.27. The molecule has 0 heterocycles. The number of nitrogens with one attached hydrogen (secondary N) is 1. The van der Waals surface area contributed by atoms with Gasteiger partial charge in [-0.25, -0.2) is 4.57 Å². The number of aliphatic hydroxyl groups is 1. The van der Waals surface area contributed by atoms with Gasteiger partial charge < -0.3 is 19.8 Å². The van der Waals surface area contributed by atoms with Crippen molar-refractivity contribution in [3.63, 3.8) is 0 Å². The Bertz CT molecular complexity index is 763. The first kappa shape index (κ1) is 38.7. The number of carbonyl (C=O) groups excluding carboxylic acids is 1. The lowest BCUT2D eigenvalue weighted by atomic mass is 10.1. The monoisotopic (exact) mass is 587 g/mol. The third-order valence-corrected chi connectivity index (χ3v) is 7.32. The van der Waals surface area contributed by atoms with Crippen molar-refractivity contribution < 1.29 is 32.9 Å². The van der Waals surface area contributed by atoms with Gasteiger partial charge in [0.15, 0.2) is 0 Å². The van der Waals surface area contributed by atoms with Crippen LogP contribution in [-0.4, -0.2) is 73.4 Å². The summed E-state index contributed by atoms with van der Waals surface area (Å²) in [5, 5.41) is 13.4. The van der Waals surface area contributed by atoms with E-state index >= 15 is 0 Å². The SMILES string of the molecule is CCCCCCCC/C=C/CC/C=C/CC/C=C/C(O)C(COP(=O)(O)OCC[N+](C)(C)C)NC(=O)CCCC. The Morgan fingerprint density at radius 1 is 0.825 bits per heavy atom. The number of phosphoric acid groups is 1. The topological polar surface area (TPSA) is 105 Å². The zero-order valence-corrected chi connectivity index (χ0v) is 27.0. The van der Waals surface area contributed by atoms with Gasteiger partial charge in [-0.1, -0.05) is 88.8 Å². The van der Waals surface area contributed by atoms with Crippen LogP contribution >= 0.6 is 7.82 Å². The molecule has 0 spiro atoms. The van der Waals surface area contributed by atoms with E-state index in [-0.39, 0.29) is 19.1 Å². The van der Waals surface area contributed by atoms with E-state index in [1.54, 1.807) is 6.08 Å². The average molecular weight is 588 g/mol. The zero-order chi connectivity index (χ0) is 30.1. The number of phosphoric ester groups is 1. The number of quaternary nitrogens is 1. The van der Waals surface area contributed by atoms with Gasteiger partial charge in [0.25, 0.3) is 0 Å². The Morgan fingerprint density at radius 2 is 1.38 bits per heavy atom. The molecule has 8 nitrogen and oxygen atoms in total. The molecule has 0 aliphatic rings. The van der Waals surface area contributed by atoms with Crippen molar-refractivity contribution in [2.24, 2.45) is 0 Å². The lowest BCUT2D eigenvalue weighted by Gasteiger charge is -2.25. The van der Waals surface area contributed by atoms with E-state index in [4.69, 9.17) is 9.05 Å². The molecule has 234 valence electrons. The average Bonchev–Trinajstić information content (AvgIpc) is 2.88. The molecule has 0 bridgehead atoms. The molecular weight excluding hydrogens is 527 g/mol. The number of hydrogen-bond acceptors (Lipinski definition) is 5. The normalized spacial score (nSPS) is 15.7. The largest absolute Gasteiger partial charge is 0.472 e. The fourth-order valence-corrected chi connectivity index (χ4v) is 4.49. The maximum Gasteiger partial charge on any atom is 0.472 e. The van der Waals surface area contributed by atoms with Crippen molar-refractivity contribution >= 4 is 13.7 Å². The first-order valence-corrected chi connectivity index (χ1v) is 16.9. The summed E-state index contributed by atoms with van der Waals surface area (Å²) >= 11 is 0. The summed E-state index contributed by atoms with van der Waals surface area (Å²) in [6, 6.07) is -0.859. The van der Waals surface area contributed by atoms with Crippen molar-refractivity contribution in [2.75, 3.05) is 40.9 Å². The fourth-order valence-electron chi connectivity index (χ4n) is 3.75. The van der Waals surface area contributed by atoms with E-state index < -0.39 is 20.0 Å². The van der Waals surface area contributed by atoms with E-state index in [0.29, 0.717) is 17.4 Å². The molecule has 3 atom stereocenters. The van der Waals surface area contributed by atoms with E-state index in [9.17, 15) is 19.4 Å². The van der Waals surface area contributed by atoms with Crippen molar-refractivity contribution in [3.8, 4) is 0 Å². The molecule has 3 N–H and O–H groups in total. The lowest BCUT2D eigenvalue weighted by molar-refractivity contribution is -0.870. The van der Waals surface area contributed by atoms with E-state index in [1.165, 1.54) is 44.9 Å². The van der Waals surface area contributed by atoms with Gasteiger partial charge >= 0.3 is 7.82 Å². The second kappa shape index (κ2) is 24.3. The molecule has 3 unspecified atom stereocenters. The number of aliphatic hydroxyl groups excluding tert-OH is 1.